The van der Waals surface area contributed by atoms with Gasteiger partial charge in [-0.1, -0.05) is 0 Å². The van der Waals surface area contributed by atoms with Crippen molar-refractivity contribution in [3.8, 4) is 0 Å². The molecule has 1 aromatic rings. The second-order valence-corrected chi connectivity index (χ2v) is 2.30. The molecule has 5 heteroatoms. The Labute approximate surface area is 60.6 Å². The molecule has 0 bridgehead atoms. The molecule has 0 saturated heterocycles. The molecule has 0 aliphatic carbocycles. The van der Waals surface area contributed by atoms with Gasteiger partial charge in [-0.15, -0.1) is 10.2 Å². The van der Waals surface area contributed by atoms with Crippen molar-refractivity contribution < 1.29 is 0 Å². The van der Waals surface area contributed by atoms with Crippen LogP contribution in [0.1, 0.15) is 5.69 Å². The van der Waals surface area contributed by atoms with Gasteiger partial charge in [-0.25, -0.2) is 4.98 Å². The molecule has 1 rings (SSSR count). The zero-order valence-corrected chi connectivity index (χ0v) is 6.38. The SMILES string of the molecule is Cc1nc(N)nnc1Br. The maximum absolute atomic E-state index is 5.22. The van der Waals surface area contributed by atoms with Crippen LogP contribution in [0.5, 0.6) is 0 Å². The van der Waals surface area contributed by atoms with E-state index in [1.165, 1.54) is 0 Å². The zero-order valence-electron chi connectivity index (χ0n) is 4.80. The van der Waals surface area contributed by atoms with Crippen LogP contribution >= 0.6 is 15.9 Å². The van der Waals surface area contributed by atoms with Crippen LogP contribution in [0.4, 0.5) is 5.95 Å². The highest BCUT2D eigenvalue weighted by molar-refractivity contribution is 9.10. The van der Waals surface area contributed by atoms with Crippen molar-refractivity contribution in [1.82, 2.24) is 15.2 Å². The maximum atomic E-state index is 5.22. The van der Waals surface area contributed by atoms with Crippen molar-refractivity contribution in [2.45, 2.75) is 6.92 Å². The first kappa shape index (κ1) is 6.41. The molecule has 0 aliphatic heterocycles. The number of rotatable bonds is 0. The van der Waals surface area contributed by atoms with Gasteiger partial charge in [0.25, 0.3) is 0 Å². The van der Waals surface area contributed by atoms with E-state index < -0.39 is 0 Å². The fourth-order valence-corrected chi connectivity index (χ4v) is 0.576. The molecular weight excluding hydrogens is 184 g/mol. The molecular formula is C4H5BrN4. The lowest BCUT2D eigenvalue weighted by Gasteiger charge is -1.93. The van der Waals surface area contributed by atoms with Gasteiger partial charge in [0.1, 0.15) is 4.60 Å². The molecule has 1 aromatic heterocycles. The Hall–Kier alpha value is -0.710. The summed E-state index contributed by atoms with van der Waals surface area (Å²) in [5, 5.41) is 7.17. The minimum atomic E-state index is 0.204. The molecule has 48 valence electrons. The molecule has 2 N–H and O–H groups in total. The summed E-state index contributed by atoms with van der Waals surface area (Å²) in [5.41, 5.74) is 5.97. The monoisotopic (exact) mass is 188 g/mol. The van der Waals surface area contributed by atoms with E-state index in [0.717, 1.165) is 5.69 Å². The third-order valence-corrected chi connectivity index (χ3v) is 1.55. The predicted molar refractivity (Wildman–Crippen MR) is 36.7 cm³/mol. The van der Waals surface area contributed by atoms with Gasteiger partial charge in [0.05, 0.1) is 5.69 Å². The van der Waals surface area contributed by atoms with Crippen LogP contribution < -0.4 is 5.73 Å². The average Bonchev–Trinajstić information content (AvgIpc) is 1.80. The highest BCUT2D eigenvalue weighted by atomic mass is 79.9. The molecule has 0 amide bonds. The topological polar surface area (TPSA) is 64.7 Å². The molecule has 4 nitrogen and oxygen atoms in total. The number of aromatic nitrogens is 3. The number of halogens is 1. The third kappa shape index (κ3) is 1.35. The van der Waals surface area contributed by atoms with Gasteiger partial charge in [-0.3, -0.25) is 0 Å². The summed E-state index contributed by atoms with van der Waals surface area (Å²) in [6.45, 7) is 1.80. The summed E-state index contributed by atoms with van der Waals surface area (Å²) in [5.74, 6) is 0.204. The molecule has 0 aliphatic rings. The van der Waals surface area contributed by atoms with E-state index in [4.69, 9.17) is 5.73 Å². The highest BCUT2D eigenvalue weighted by Gasteiger charge is 1.96. The summed E-state index contributed by atoms with van der Waals surface area (Å²) < 4.78 is 0.636. The standard InChI is InChI=1S/C4H5BrN4/c1-2-3(5)8-9-4(6)7-2/h1H3,(H2,6,7,9). The molecule has 0 fully saturated rings. The molecule has 0 radical (unpaired) electrons. The zero-order chi connectivity index (χ0) is 6.85. The van der Waals surface area contributed by atoms with Crippen molar-refractivity contribution in [1.29, 1.82) is 0 Å². The minimum Gasteiger partial charge on any atom is -0.366 e. The van der Waals surface area contributed by atoms with Crippen LogP contribution in [-0.4, -0.2) is 15.2 Å². The summed E-state index contributed by atoms with van der Waals surface area (Å²) in [4.78, 5) is 3.83. The molecule has 0 unspecified atom stereocenters. The maximum Gasteiger partial charge on any atom is 0.240 e. The lowest BCUT2D eigenvalue weighted by Crippen LogP contribution is -1.99. The molecule has 0 atom stereocenters. The van der Waals surface area contributed by atoms with Crippen molar-refractivity contribution in [3.05, 3.63) is 10.3 Å². The van der Waals surface area contributed by atoms with Crippen molar-refractivity contribution in [2.75, 3.05) is 5.73 Å². The highest BCUT2D eigenvalue weighted by Crippen LogP contribution is 2.07. The number of nitrogens with zero attached hydrogens (tertiary/aromatic N) is 3. The van der Waals surface area contributed by atoms with Crippen molar-refractivity contribution >= 4 is 21.9 Å². The van der Waals surface area contributed by atoms with Crippen LogP contribution in [0.2, 0.25) is 0 Å². The van der Waals surface area contributed by atoms with Gasteiger partial charge in [0.2, 0.25) is 5.95 Å². The fourth-order valence-electron chi connectivity index (χ4n) is 0.408. The van der Waals surface area contributed by atoms with E-state index in [-0.39, 0.29) is 5.95 Å². The van der Waals surface area contributed by atoms with E-state index in [9.17, 15) is 0 Å². The Morgan fingerprint density at radius 3 is 2.56 bits per heavy atom. The van der Waals surface area contributed by atoms with Gasteiger partial charge < -0.3 is 5.73 Å². The lowest BCUT2D eigenvalue weighted by atomic mass is 10.5. The van der Waals surface area contributed by atoms with Gasteiger partial charge >= 0.3 is 0 Å². The summed E-state index contributed by atoms with van der Waals surface area (Å²) >= 11 is 3.14. The number of nitrogens with two attached hydrogens (primary N) is 1. The fraction of sp³-hybridized carbons (Fsp3) is 0.250. The van der Waals surface area contributed by atoms with Crippen LogP contribution in [-0.2, 0) is 0 Å². The lowest BCUT2D eigenvalue weighted by molar-refractivity contribution is 0.930. The summed E-state index contributed by atoms with van der Waals surface area (Å²) in [7, 11) is 0. The first-order valence-electron chi connectivity index (χ1n) is 2.32. The van der Waals surface area contributed by atoms with Crippen LogP contribution in [0.15, 0.2) is 4.60 Å². The summed E-state index contributed by atoms with van der Waals surface area (Å²) in [6.07, 6.45) is 0. The van der Waals surface area contributed by atoms with E-state index >= 15 is 0 Å². The molecule has 0 aromatic carbocycles. The number of anilines is 1. The first-order chi connectivity index (χ1) is 4.20. The first-order valence-corrected chi connectivity index (χ1v) is 3.12. The van der Waals surface area contributed by atoms with E-state index in [1.54, 1.807) is 6.92 Å². The minimum absolute atomic E-state index is 0.204. The van der Waals surface area contributed by atoms with Crippen molar-refractivity contribution in [2.24, 2.45) is 0 Å². The van der Waals surface area contributed by atoms with E-state index in [0.29, 0.717) is 4.60 Å². The van der Waals surface area contributed by atoms with E-state index in [2.05, 4.69) is 31.1 Å². The van der Waals surface area contributed by atoms with Crippen LogP contribution in [0.25, 0.3) is 0 Å². The normalized spacial score (nSPS) is 9.56. The Kier molecular flexibility index (Phi) is 1.61. The Morgan fingerprint density at radius 2 is 2.11 bits per heavy atom. The average molecular weight is 189 g/mol. The predicted octanol–water partition coefficient (Wildman–Crippen LogP) is 0.525. The summed E-state index contributed by atoms with van der Waals surface area (Å²) in [6, 6.07) is 0. The smallest absolute Gasteiger partial charge is 0.240 e. The van der Waals surface area contributed by atoms with Gasteiger partial charge in [-0.2, -0.15) is 0 Å². The van der Waals surface area contributed by atoms with Gasteiger partial charge in [0.15, 0.2) is 0 Å². The number of nitrogen functional groups attached to an aromatic ring is 1. The van der Waals surface area contributed by atoms with Gasteiger partial charge in [-0.05, 0) is 22.9 Å². The second kappa shape index (κ2) is 2.26. The number of hydrogen-bond acceptors (Lipinski definition) is 4. The molecule has 0 spiro atoms. The molecule has 9 heavy (non-hydrogen) atoms. The molecule has 1 heterocycles. The Morgan fingerprint density at radius 1 is 1.44 bits per heavy atom. The second-order valence-electron chi connectivity index (χ2n) is 1.55. The number of hydrogen-bond donors (Lipinski definition) is 1. The largest absolute Gasteiger partial charge is 0.366 e. The van der Waals surface area contributed by atoms with Crippen molar-refractivity contribution in [3.63, 3.8) is 0 Å². The Bertz CT molecular complexity index is 224. The van der Waals surface area contributed by atoms with Gasteiger partial charge in [0, 0.05) is 0 Å². The molecule has 0 saturated carbocycles. The third-order valence-electron chi connectivity index (χ3n) is 0.821. The quantitative estimate of drug-likeness (QED) is 0.646. The number of aryl methyl sites for hydroxylation is 1. The Balaban J connectivity index is 3.17. The van der Waals surface area contributed by atoms with Crippen LogP contribution in [0.3, 0.4) is 0 Å². The van der Waals surface area contributed by atoms with Crippen LogP contribution in [0, 0.1) is 6.92 Å². The van der Waals surface area contributed by atoms with E-state index in [1.807, 2.05) is 0 Å².